The Kier molecular flexibility index (Phi) is 4.88. The second kappa shape index (κ2) is 7.25. The number of hydrogen-bond donors (Lipinski definition) is 1. The Bertz CT molecular complexity index is 853. The van der Waals surface area contributed by atoms with Crippen molar-refractivity contribution in [3.63, 3.8) is 0 Å². The molecule has 3 aromatic rings. The number of nitrogens with one attached hydrogen (secondary N) is 1. The van der Waals surface area contributed by atoms with Gasteiger partial charge in [-0.25, -0.2) is 0 Å². The molecule has 0 radical (unpaired) electrons. The molecule has 0 aliphatic rings. The van der Waals surface area contributed by atoms with E-state index in [1.54, 1.807) is 25.5 Å². The Hall–Kier alpha value is -3.02. The maximum absolute atomic E-state index is 12.6. The summed E-state index contributed by atoms with van der Waals surface area (Å²) in [5.74, 6) is 1.09. The highest BCUT2D eigenvalue weighted by molar-refractivity contribution is 5.96. The van der Waals surface area contributed by atoms with Crippen LogP contribution in [-0.4, -0.2) is 29.3 Å². The number of aromatic nitrogens is 2. The average molecular weight is 339 g/mol. The summed E-state index contributed by atoms with van der Waals surface area (Å²) in [7, 11) is 1.55. The van der Waals surface area contributed by atoms with Gasteiger partial charge < -0.3 is 14.5 Å². The van der Waals surface area contributed by atoms with Crippen molar-refractivity contribution in [2.75, 3.05) is 13.7 Å². The molecule has 6 nitrogen and oxygen atoms in total. The molecule has 2 aromatic heterocycles. The third-order valence-electron chi connectivity index (χ3n) is 4.02. The highest BCUT2D eigenvalue weighted by Gasteiger charge is 2.21. The average Bonchev–Trinajstić information content (AvgIpc) is 3.25. The van der Waals surface area contributed by atoms with Crippen molar-refractivity contribution < 1.29 is 13.9 Å². The molecule has 2 heterocycles. The summed E-state index contributed by atoms with van der Waals surface area (Å²) in [6.07, 6.45) is 1.62. The zero-order valence-electron chi connectivity index (χ0n) is 14.5. The molecule has 0 spiro atoms. The van der Waals surface area contributed by atoms with Gasteiger partial charge in [0.1, 0.15) is 17.6 Å². The van der Waals surface area contributed by atoms with Crippen LogP contribution in [0.25, 0.3) is 0 Å². The molecule has 0 saturated heterocycles. The summed E-state index contributed by atoms with van der Waals surface area (Å²) in [6, 6.07) is 12.6. The zero-order valence-corrected chi connectivity index (χ0v) is 14.5. The Balaban J connectivity index is 1.82. The number of rotatable bonds is 6. The minimum Gasteiger partial charge on any atom is -0.496 e. The molecule has 130 valence electrons. The lowest BCUT2D eigenvalue weighted by Gasteiger charge is -2.18. The number of carbonyl (C=O) groups excluding carboxylic acids is 1. The molecule has 25 heavy (non-hydrogen) atoms. The third kappa shape index (κ3) is 3.57. The van der Waals surface area contributed by atoms with Crippen LogP contribution >= 0.6 is 0 Å². The van der Waals surface area contributed by atoms with Crippen molar-refractivity contribution >= 4 is 5.91 Å². The fourth-order valence-electron chi connectivity index (χ4n) is 2.87. The first kappa shape index (κ1) is 16.8. The first-order chi connectivity index (χ1) is 12.1. The molecule has 6 heteroatoms. The molecule has 3 rings (SSSR count). The summed E-state index contributed by atoms with van der Waals surface area (Å²) < 4.78 is 12.7. The van der Waals surface area contributed by atoms with Gasteiger partial charge in [-0.15, -0.1) is 0 Å². The molecular weight excluding hydrogens is 318 g/mol. The van der Waals surface area contributed by atoms with Gasteiger partial charge in [0.2, 0.25) is 0 Å². The van der Waals surface area contributed by atoms with Crippen molar-refractivity contribution in [1.29, 1.82) is 0 Å². The van der Waals surface area contributed by atoms with E-state index in [-0.39, 0.29) is 11.9 Å². The van der Waals surface area contributed by atoms with Gasteiger partial charge in [0.25, 0.3) is 5.91 Å². The second-order valence-electron chi connectivity index (χ2n) is 5.81. The predicted octanol–water partition coefficient (Wildman–Crippen LogP) is 3.12. The van der Waals surface area contributed by atoms with Gasteiger partial charge in [0.05, 0.1) is 24.6 Å². The molecule has 0 bridgehead atoms. The Morgan fingerprint density at radius 1 is 1.28 bits per heavy atom. The topological polar surface area (TPSA) is 69.3 Å². The number of benzene rings is 1. The maximum Gasteiger partial charge on any atom is 0.255 e. The van der Waals surface area contributed by atoms with E-state index in [0.717, 1.165) is 17.1 Å². The van der Waals surface area contributed by atoms with Crippen LogP contribution in [0.1, 0.15) is 33.5 Å². The minimum absolute atomic E-state index is 0.199. The predicted molar refractivity (Wildman–Crippen MR) is 93.9 cm³/mol. The molecule has 1 atom stereocenters. The lowest BCUT2D eigenvalue weighted by molar-refractivity contribution is 0.0945. The first-order valence-electron chi connectivity index (χ1n) is 8.07. The van der Waals surface area contributed by atoms with Crippen LogP contribution in [0, 0.1) is 13.8 Å². The number of methoxy groups -OCH3 is 1. The quantitative estimate of drug-likeness (QED) is 0.749. The zero-order chi connectivity index (χ0) is 17.8. The summed E-state index contributed by atoms with van der Waals surface area (Å²) in [5.41, 5.74) is 2.42. The van der Waals surface area contributed by atoms with Crippen LogP contribution < -0.4 is 10.1 Å². The summed E-state index contributed by atoms with van der Waals surface area (Å²) in [6.45, 7) is 4.28. The number of nitrogens with zero attached hydrogens (tertiary/aromatic N) is 2. The minimum atomic E-state index is -0.220. The number of para-hydroxylation sites is 1. The summed E-state index contributed by atoms with van der Waals surface area (Å²) >= 11 is 0. The lowest BCUT2D eigenvalue weighted by Crippen LogP contribution is -2.32. The monoisotopic (exact) mass is 339 g/mol. The molecule has 0 aliphatic heterocycles. The van der Waals surface area contributed by atoms with Crippen molar-refractivity contribution in [1.82, 2.24) is 15.1 Å². The van der Waals surface area contributed by atoms with E-state index in [2.05, 4.69) is 10.4 Å². The summed E-state index contributed by atoms with van der Waals surface area (Å²) in [5, 5.41) is 7.49. The molecule has 1 N–H and O–H groups in total. The van der Waals surface area contributed by atoms with Crippen LogP contribution in [0.4, 0.5) is 0 Å². The lowest BCUT2D eigenvalue weighted by atomic mass is 10.1. The molecule has 0 saturated carbocycles. The number of furan rings is 1. The number of ether oxygens (including phenoxy) is 1. The van der Waals surface area contributed by atoms with Gasteiger partial charge in [-0.3, -0.25) is 9.48 Å². The maximum atomic E-state index is 12.6. The molecule has 1 amide bonds. The molecule has 1 aromatic carbocycles. The Labute approximate surface area is 146 Å². The van der Waals surface area contributed by atoms with E-state index in [4.69, 9.17) is 9.15 Å². The van der Waals surface area contributed by atoms with E-state index in [1.165, 1.54) is 0 Å². The van der Waals surface area contributed by atoms with Gasteiger partial charge in [-0.05, 0) is 44.2 Å². The first-order valence-corrected chi connectivity index (χ1v) is 8.07. The van der Waals surface area contributed by atoms with Gasteiger partial charge in [-0.1, -0.05) is 12.1 Å². The molecular formula is C19H21N3O3. The van der Waals surface area contributed by atoms with Crippen LogP contribution in [0.15, 0.2) is 53.1 Å². The van der Waals surface area contributed by atoms with Crippen LogP contribution in [0.2, 0.25) is 0 Å². The van der Waals surface area contributed by atoms with Gasteiger partial charge in [-0.2, -0.15) is 5.10 Å². The van der Waals surface area contributed by atoms with Crippen molar-refractivity contribution in [2.24, 2.45) is 0 Å². The van der Waals surface area contributed by atoms with E-state index >= 15 is 0 Å². The molecule has 1 unspecified atom stereocenters. The largest absolute Gasteiger partial charge is 0.496 e. The standard InChI is InChI=1S/C19H21N3O3/c1-13-11-14(2)22(21-13)16(18-9-6-10-25-18)12-20-19(23)15-7-4-5-8-17(15)24-3/h4-11,16H,12H2,1-3H3,(H,20,23). The third-order valence-corrected chi connectivity index (χ3v) is 4.02. The number of aryl methyl sites for hydroxylation is 2. The van der Waals surface area contributed by atoms with Crippen LogP contribution in [-0.2, 0) is 0 Å². The fraction of sp³-hybridized carbons (Fsp3) is 0.263. The number of hydrogen-bond acceptors (Lipinski definition) is 4. The Morgan fingerprint density at radius 3 is 2.72 bits per heavy atom. The molecule has 0 aliphatic carbocycles. The van der Waals surface area contributed by atoms with Crippen molar-refractivity contribution in [3.05, 3.63) is 71.4 Å². The Morgan fingerprint density at radius 2 is 2.08 bits per heavy atom. The molecule has 0 fully saturated rings. The smallest absolute Gasteiger partial charge is 0.255 e. The van der Waals surface area contributed by atoms with Gasteiger partial charge in [0.15, 0.2) is 0 Å². The second-order valence-corrected chi connectivity index (χ2v) is 5.81. The normalized spacial score (nSPS) is 12.0. The van der Waals surface area contributed by atoms with Crippen LogP contribution in [0.5, 0.6) is 5.75 Å². The van der Waals surface area contributed by atoms with Crippen LogP contribution in [0.3, 0.4) is 0 Å². The highest BCUT2D eigenvalue weighted by Crippen LogP contribution is 2.21. The number of amides is 1. The van der Waals surface area contributed by atoms with Gasteiger partial charge in [0, 0.05) is 12.2 Å². The van der Waals surface area contributed by atoms with E-state index in [1.807, 2.05) is 48.9 Å². The van der Waals surface area contributed by atoms with E-state index < -0.39 is 0 Å². The van der Waals surface area contributed by atoms with Gasteiger partial charge >= 0.3 is 0 Å². The SMILES string of the molecule is COc1ccccc1C(=O)NCC(c1ccco1)n1nc(C)cc1C. The van der Waals surface area contributed by atoms with Crippen molar-refractivity contribution in [2.45, 2.75) is 19.9 Å². The van der Waals surface area contributed by atoms with E-state index in [0.29, 0.717) is 17.9 Å². The fourth-order valence-corrected chi connectivity index (χ4v) is 2.87. The van der Waals surface area contributed by atoms with E-state index in [9.17, 15) is 4.79 Å². The number of carbonyl (C=O) groups is 1. The summed E-state index contributed by atoms with van der Waals surface area (Å²) in [4.78, 5) is 12.6. The highest BCUT2D eigenvalue weighted by atomic mass is 16.5. The van der Waals surface area contributed by atoms with Crippen molar-refractivity contribution in [3.8, 4) is 5.75 Å².